The number of carbonyl (C=O) groups is 1. The van der Waals surface area contributed by atoms with Crippen molar-refractivity contribution in [1.29, 1.82) is 0 Å². The molecule has 0 aliphatic heterocycles. The fourth-order valence-corrected chi connectivity index (χ4v) is 4.65. The van der Waals surface area contributed by atoms with E-state index in [4.69, 9.17) is 4.98 Å². The smallest absolute Gasteiger partial charge is 0.274 e. The van der Waals surface area contributed by atoms with Crippen LogP contribution in [-0.4, -0.2) is 20.3 Å². The van der Waals surface area contributed by atoms with Gasteiger partial charge >= 0.3 is 0 Å². The lowest BCUT2D eigenvalue weighted by molar-refractivity contribution is 0.102. The molecule has 148 valence electrons. The normalized spacial score (nSPS) is 11.3. The van der Waals surface area contributed by atoms with Gasteiger partial charge in [-0.05, 0) is 74.4 Å². The zero-order valence-corrected chi connectivity index (χ0v) is 17.7. The molecular weight excluding hydrogens is 392 g/mol. The molecule has 3 aromatic heterocycles. The molecular formula is C24H20N4OS. The topological polar surface area (TPSA) is 59.3 Å². The summed E-state index contributed by atoms with van der Waals surface area (Å²) in [6, 6.07) is 18.0. The highest BCUT2D eigenvalue weighted by atomic mass is 32.1. The number of nitrogens with zero attached hydrogens (tertiary/aromatic N) is 3. The number of anilines is 1. The Morgan fingerprint density at radius 1 is 0.933 bits per heavy atom. The van der Waals surface area contributed by atoms with Crippen molar-refractivity contribution in [2.45, 2.75) is 20.8 Å². The van der Waals surface area contributed by atoms with E-state index in [-0.39, 0.29) is 5.91 Å². The van der Waals surface area contributed by atoms with Crippen molar-refractivity contribution in [3.8, 4) is 10.6 Å². The average Bonchev–Trinajstić information content (AvgIpc) is 3.28. The number of benzene rings is 2. The van der Waals surface area contributed by atoms with Gasteiger partial charge in [-0.15, -0.1) is 11.3 Å². The summed E-state index contributed by atoms with van der Waals surface area (Å²) in [6.07, 6.45) is 1.93. The average molecular weight is 413 g/mol. The zero-order chi connectivity index (χ0) is 20.8. The Morgan fingerprint density at radius 3 is 2.50 bits per heavy atom. The molecule has 6 heteroatoms. The van der Waals surface area contributed by atoms with Crippen molar-refractivity contribution >= 4 is 38.8 Å². The summed E-state index contributed by atoms with van der Waals surface area (Å²) in [6.45, 7) is 5.94. The van der Waals surface area contributed by atoms with Crippen LogP contribution in [0, 0.1) is 20.8 Å². The minimum Gasteiger partial charge on any atom is -0.321 e. The second-order valence-electron chi connectivity index (χ2n) is 7.50. The maximum atomic E-state index is 12.9. The van der Waals surface area contributed by atoms with Crippen molar-refractivity contribution < 1.29 is 4.79 Å². The molecule has 2 aromatic carbocycles. The van der Waals surface area contributed by atoms with E-state index in [1.54, 1.807) is 11.3 Å². The van der Waals surface area contributed by atoms with Crippen LogP contribution in [0.15, 0.2) is 60.8 Å². The number of aryl methyl sites for hydroxylation is 3. The summed E-state index contributed by atoms with van der Waals surface area (Å²) in [5.41, 5.74) is 7.12. The number of aromatic nitrogens is 3. The summed E-state index contributed by atoms with van der Waals surface area (Å²) in [5.74, 6) is -0.172. The Hall–Kier alpha value is -3.51. The van der Waals surface area contributed by atoms with E-state index < -0.39 is 0 Å². The zero-order valence-electron chi connectivity index (χ0n) is 16.9. The minimum absolute atomic E-state index is 0.172. The van der Waals surface area contributed by atoms with Gasteiger partial charge in [-0.25, -0.2) is 9.97 Å². The van der Waals surface area contributed by atoms with Gasteiger partial charge in [0.25, 0.3) is 5.91 Å². The molecule has 1 amide bonds. The Balaban J connectivity index is 1.41. The van der Waals surface area contributed by atoms with Crippen LogP contribution in [-0.2, 0) is 0 Å². The monoisotopic (exact) mass is 412 g/mol. The van der Waals surface area contributed by atoms with Gasteiger partial charge in [-0.1, -0.05) is 12.1 Å². The molecule has 0 atom stereocenters. The molecule has 0 aliphatic rings. The van der Waals surface area contributed by atoms with Crippen LogP contribution in [0.2, 0.25) is 0 Å². The van der Waals surface area contributed by atoms with Crippen LogP contribution in [0.5, 0.6) is 0 Å². The number of carbonyl (C=O) groups excluding carboxylic acids is 1. The molecule has 3 heterocycles. The lowest BCUT2D eigenvalue weighted by Gasteiger charge is -2.07. The van der Waals surface area contributed by atoms with Gasteiger partial charge in [0.15, 0.2) is 0 Å². The molecule has 0 bridgehead atoms. The summed E-state index contributed by atoms with van der Waals surface area (Å²) < 4.78 is 3.03. The number of imidazole rings is 1. The molecule has 0 saturated heterocycles. The summed E-state index contributed by atoms with van der Waals surface area (Å²) >= 11 is 1.68. The highest BCUT2D eigenvalue weighted by Gasteiger charge is 2.17. The first-order valence-electron chi connectivity index (χ1n) is 9.72. The maximum Gasteiger partial charge on any atom is 0.274 e. The molecule has 5 rings (SSSR count). The van der Waals surface area contributed by atoms with Gasteiger partial charge in [0.05, 0.1) is 15.9 Å². The van der Waals surface area contributed by atoms with E-state index in [1.807, 2.05) is 60.8 Å². The van der Waals surface area contributed by atoms with E-state index in [0.717, 1.165) is 33.0 Å². The molecule has 0 spiro atoms. The second-order valence-corrected chi connectivity index (χ2v) is 8.53. The van der Waals surface area contributed by atoms with Gasteiger partial charge in [-0.2, -0.15) is 0 Å². The predicted molar refractivity (Wildman–Crippen MR) is 122 cm³/mol. The van der Waals surface area contributed by atoms with Crippen molar-refractivity contribution in [2.75, 3.05) is 5.32 Å². The molecule has 0 aliphatic carbocycles. The van der Waals surface area contributed by atoms with Crippen molar-refractivity contribution in [1.82, 2.24) is 14.4 Å². The molecule has 30 heavy (non-hydrogen) atoms. The fourth-order valence-electron chi connectivity index (χ4n) is 3.58. The first-order chi connectivity index (χ1) is 14.5. The molecule has 0 unspecified atom stereocenters. The first-order valence-corrected chi connectivity index (χ1v) is 10.5. The number of rotatable bonds is 3. The van der Waals surface area contributed by atoms with Crippen molar-refractivity contribution in [3.05, 3.63) is 83.3 Å². The van der Waals surface area contributed by atoms with Crippen LogP contribution in [0.3, 0.4) is 0 Å². The number of thiazole rings is 1. The number of amides is 1. The van der Waals surface area contributed by atoms with E-state index in [9.17, 15) is 4.79 Å². The third-order valence-electron chi connectivity index (χ3n) is 5.09. The van der Waals surface area contributed by atoms with E-state index >= 15 is 0 Å². The third kappa shape index (κ3) is 3.25. The Bertz CT molecular complexity index is 1410. The highest BCUT2D eigenvalue weighted by molar-refractivity contribution is 7.21. The molecule has 1 N–H and O–H groups in total. The number of nitrogens with one attached hydrogen (secondary N) is 1. The highest BCUT2D eigenvalue weighted by Crippen LogP contribution is 2.31. The van der Waals surface area contributed by atoms with E-state index in [0.29, 0.717) is 11.4 Å². The quantitative estimate of drug-likeness (QED) is 0.408. The summed E-state index contributed by atoms with van der Waals surface area (Å²) in [5, 5.41) is 3.97. The minimum atomic E-state index is -0.172. The van der Waals surface area contributed by atoms with Gasteiger partial charge in [0.1, 0.15) is 16.3 Å². The van der Waals surface area contributed by atoms with Crippen LogP contribution in [0.1, 0.15) is 27.3 Å². The first kappa shape index (κ1) is 18.5. The molecule has 5 nitrogen and oxygen atoms in total. The van der Waals surface area contributed by atoms with Gasteiger partial charge < -0.3 is 5.32 Å². The van der Waals surface area contributed by atoms with Gasteiger partial charge in [-0.3, -0.25) is 9.20 Å². The third-order valence-corrected chi connectivity index (χ3v) is 6.16. The molecule has 0 saturated carbocycles. The predicted octanol–water partition coefficient (Wildman–Crippen LogP) is 5.79. The van der Waals surface area contributed by atoms with E-state index in [2.05, 4.69) is 35.4 Å². The summed E-state index contributed by atoms with van der Waals surface area (Å²) in [4.78, 5) is 22.2. The molecule has 5 aromatic rings. The largest absolute Gasteiger partial charge is 0.321 e. The van der Waals surface area contributed by atoms with Crippen LogP contribution in [0.25, 0.3) is 26.4 Å². The molecule has 0 radical (unpaired) electrons. The molecule has 0 fully saturated rings. The Morgan fingerprint density at radius 2 is 1.70 bits per heavy atom. The summed E-state index contributed by atoms with van der Waals surface area (Å²) in [7, 11) is 0. The number of hydrogen-bond acceptors (Lipinski definition) is 4. The van der Waals surface area contributed by atoms with E-state index in [1.165, 1.54) is 10.3 Å². The number of pyridine rings is 1. The fraction of sp³-hybridized carbons (Fsp3) is 0.125. The van der Waals surface area contributed by atoms with Crippen LogP contribution in [0.4, 0.5) is 5.69 Å². The van der Waals surface area contributed by atoms with Crippen LogP contribution >= 0.6 is 11.3 Å². The Kier molecular flexibility index (Phi) is 4.37. The van der Waals surface area contributed by atoms with Crippen molar-refractivity contribution in [3.63, 3.8) is 0 Å². The lowest BCUT2D eigenvalue weighted by Crippen LogP contribution is -2.15. The lowest BCUT2D eigenvalue weighted by atomic mass is 10.2. The maximum absolute atomic E-state index is 12.9. The SMILES string of the molecule is Cc1ccc2nc(-c3ccc(NC(=O)c4c(C)nc5ccc(C)cn45)cc3)sc2c1. The van der Waals surface area contributed by atoms with Crippen LogP contribution < -0.4 is 5.32 Å². The van der Waals surface area contributed by atoms with Gasteiger partial charge in [0, 0.05) is 17.4 Å². The van der Waals surface area contributed by atoms with Crippen molar-refractivity contribution in [2.24, 2.45) is 0 Å². The number of hydrogen-bond donors (Lipinski definition) is 1. The standard InChI is InChI=1S/C24H20N4OS/c1-14-4-10-19-20(12-14)30-24(27-19)17-6-8-18(9-7-17)26-23(29)22-16(3)25-21-11-5-15(2)13-28(21)22/h4-13H,1-3H3,(H,26,29). The Labute approximate surface area is 178 Å². The van der Waals surface area contributed by atoms with Gasteiger partial charge in [0.2, 0.25) is 0 Å². The number of fused-ring (bicyclic) bond motifs is 2. The second kappa shape index (κ2) is 7.07.